The van der Waals surface area contributed by atoms with Gasteiger partial charge in [-0.05, 0) is 25.0 Å². The molecule has 27 heavy (non-hydrogen) atoms. The Labute approximate surface area is 156 Å². The quantitative estimate of drug-likeness (QED) is 0.725. The Bertz CT molecular complexity index is 767. The standard InChI is InChI=1S/C18H21N5O4/c24-15-7-20-18(27)23(15)11-16(25)21-8-12-4-5-14(10-21)22(17(12)26)9-13-3-1-2-6-19-13/h1-3,6,12,14H,4-5,7-11H2,(H,20,27)/t12-,14+/m1/s1. The van der Waals surface area contributed by atoms with E-state index in [4.69, 9.17) is 0 Å². The third-order valence-electron chi connectivity index (χ3n) is 5.43. The zero-order valence-corrected chi connectivity index (χ0v) is 14.8. The summed E-state index contributed by atoms with van der Waals surface area (Å²) in [4.78, 5) is 57.6. The van der Waals surface area contributed by atoms with Gasteiger partial charge in [0, 0.05) is 25.3 Å². The summed E-state index contributed by atoms with van der Waals surface area (Å²) in [5, 5.41) is 2.41. The van der Waals surface area contributed by atoms with E-state index in [0.29, 0.717) is 19.6 Å². The fourth-order valence-electron chi connectivity index (χ4n) is 3.97. The predicted molar refractivity (Wildman–Crippen MR) is 93.0 cm³/mol. The molecule has 0 spiro atoms. The molecule has 0 unspecified atom stereocenters. The van der Waals surface area contributed by atoms with Gasteiger partial charge in [-0.3, -0.25) is 24.3 Å². The smallest absolute Gasteiger partial charge is 0.325 e. The molecule has 9 heteroatoms. The number of urea groups is 1. The molecule has 9 nitrogen and oxygen atoms in total. The molecule has 4 aliphatic rings. The van der Waals surface area contributed by atoms with Crippen LogP contribution in [0, 0.1) is 5.92 Å². The number of nitrogens with one attached hydrogen (secondary N) is 1. The number of hydrogen-bond donors (Lipinski definition) is 1. The van der Waals surface area contributed by atoms with E-state index < -0.39 is 11.9 Å². The number of fused-ring (bicyclic) bond motifs is 4. The van der Waals surface area contributed by atoms with Gasteiger partial charge in [-0.15, -0.1) is 0 Å². The summed E-state index contributed by atoms with van der Waals surface area (Å²) in [6.07, 6.45) is 3.27. The molecular weight excluding hydrogens is 350 g/mol. The highest BCUT2D eigenvalue weighted by Crippen LogP contribution is 2.30. The molecule has 142 valence electrons. The van der Waals surface area contributed by atoms with Crippen molar-refractivity contribution in [3.8, 4) is 0 Å². The van der Waals surface area contributed by atoms with Crippen LogP contribution in [0.2, 0.25) is 0 Å². The second-order valence-electron chi connectivity index (χ2n) is 7.15. The molecule has 5 rings (SSSR count). The maximum atomic E-state index is 12.9. The van der Waals surface area contributed by atoms with Crippen molar-refractivity contribution in [2.24, 2.45) is 5.92 Å². The zero-order valence-electron chi connectivity index (χ0n) is 14.8. The van der Waals surface area contributed by atoms with Crippen molar-refractivity contribution in [1.82, 2.24) is 25.0 Å². The van der Waals surface area contributed by atoms with E-state index in [-0.39, 0.29) is 36.9 Å². The average Bonchev–Trinajstić information content (AvgIpc) is 2.85. The maximum Gasteiger partial charge on any atom is 0.325 e. The number of hydrogen-bond acceptors (Lipinski definition) is 5. The van der Waals surface area contributed by atoms with Crippen molar-refractivity contribution in [3.63, 3.8) is 0 Å². The van der Waals surface area contributed by atoms with E-state index in [1.54, 1.807) is 11.1 Å². The summed E-state index contributed by atoms with van der Waals surface area (Å²) in [5.74, 6) is -0.912. The summed E-state index contributed by atoms with van der Waals surface area (Å²) < 4.78 is 0. The van der Waals surface area contributed by atoms with Gasteiger partial charge < -0.3 is 15.1 Å². The fraction of sp³-hybridized carbons (Fsp3) is 0.500. The third-order valence-corrected chi connectivity index (χ3v) is 5.43. The van der Waals surface area contributed by atoms with Crippen LogP contribution >= 0.6 is 0 Å². The number of carbonyl (C=O) groups is 4. The van der Waals surface area contributed by atoms with Gasteiger partial charge in [0.2, 0.25) is 11.8 Å². The third kappa shape index (κ3) is 3.36. The van der Waals surface area contributed by atoms with Gasteiger partial charge >= 0.3 is 6.03 Å². The van der Waals surface area contributed by atoms with Gasteiger partial charge in [-0.2, -0.15) is 0 Å². The summed E-state index contributed by atoms with van der Waals surface area (Å²) >= 11 is 0. The fourth-order valence-corrected chi connectivity index (χ4v) is 3.97. The summed E-state index contributed by atoms with van der Waals surface area (Å²) in [6, 6.07) is 4.98. The summed E-state index contributed by atoms with van der Waals surface area (Å²) in [6.45, 7) is 0.816. The molecule has 0 saturated carbocycles. The molecule has 4 aliphatic heterocycles. The predicted octanol–water partition coefficient (Wildman–Crippen LogP) is -0.417. The monoisotopic (exact) mass is 371 g/mol. The Kier molecular flexibility index (Phi) is 4.51. The van der Waals surface area contributed by atoms with E-state index in [9.17, 15) is 19.2 Å². The lowest BCUT2D eigenvalue weighted by atomic mass is 9.94. The SMILES string of the molecule is O=C(CN1C(=O)CNC1=O)N1C[C@H]2CC[C@@H](C1)N(Cc1ccccn1)C2=O. The van der Waals surface area contributed by atoms with Crippen LogP contribution in [0.3, 0.4) is 0 Å². The van der Waals surface area contributed by atoms with E-state index in [0.717, 1.165) is 23.4 Å². The number of piperidine rings is 1. The first-order valence-corrected chi connectivity index (χ1v) is 9.09. The number of carbonyl (C=O) groups excluding carboxylic acids is 4. The van der Waals surface area contributed by atoms with E-state index in [1.165, 1.54) is 0 Å². The molecule has 5 heterocycles. The second kappa shape index (κ2) is 6.98. The van der Waals surface area contributed by atoms with E-state index in [1.807, 2.05) is 23.1 Å². The van der Waals surface area contributed by atoms with Crippen LogP contribution in [0.4, 0.5) is 4.79 Å². The Morgan fingerprint density at radius 1 is 1.19 bits per heavy atom. The first kappa shape index (κ1) is 17.4. The maximum absolute atomic E-state index is 12.9. The highest BCUT2D eigenvalue weighted by Gasteiger charge is 2.42. The van der Waals surface area contributed by atoms with E-state index in [2.05, 4.69) is 10.3 Å². The second-order valence-corrected chi connectivity index (χ2v) is 7.15. The molecule has 2 bridgehead atoms. The van der Waals surface area contributed by atoms with Crippen molar-refractivity contribution in [3.05, 3.63) is 30.1 Å². The largest absolute Gasteiger partial charge is 0.338 e. The summed E-state index contributed by atoms with van der Waals surface area (Å²) in [5.41, 5.74) is 0.815. The van der Waals surface area contributed by atoms with Crippen LogP contribution in [0.25, 0.3) is 0 Å². The molecule has 0 aromatic carbocycles. The first-order valence-electron chi connectivity index (χ1n) is 9.09. The van der Waals surface area contributed by atoms with Crippen molar-refractivity contribution in [2.75, 3.05) is 26.2 Å². The van der Waals surface area contributed by atoms with Crippen molar-refractivity contribution in [1.29, 1.82) is 0 Å². The van der Waals surface area contributed by atoms with Gasteiger partial charge in [0.05, 0.1) is 24.7 Å². The highest BCUT2D eigenvalue weighted by molar-refractivity contribution is 6.04. The number of rotatable bonds is 4. The van der Waals surface area contributed by atoms with Crippen molar-refractivity contribution in [2.45, 2.75) is 25.4 Å². The van der Waals surface area contributed by atoms with Crippen LogP contribution in [-0.4, -0.2) is 75.7 Å². The molecule has 1 N–H and O–H groups in total. The normalized spacial score (nSPS) is 25.0. The number of amides is 5. The molecule has 2 atom stereocenters. The topological polar surface area (TPSA) is 103 Å². The molecule has 0 aliphatic carbocycles. The van der Waals surface area contributed by atoms with Crippen LogP contribution in [0.15, 0.2) is 24.4 Å². The van der Waals surface area contributed by atoms with Crippen LogP contribution < -0.4 is 5.32 Å². The van der Waals surface area contributed by atoms with Gasteiger partial charge in [0.1, 0.15) is 6.54 Å². The molecule has 1 aromatic rings. The highest BCUT2D eigenvalue weighted by atomic mass is 16.2. The van der Waals surface area contributed by atoms with Crippen molar-refractivity contribution < 1.29 is 19.2 Å². The zero-order chi connectivity index (χ0) is 19.0. The van der Waals surface area contributed by atoms with Gasteiger partial charge in [-0.25, -0.2) is 4.79 Å². The Balaban J connectivity index is 1.47. The molecule has 5 amide bonds. The van der Waals surface area contributed by atoms with E-state index >= 15 is 0 Å². The molecule has 4 fully saturated rings. The lowest BCUT2D eigenvalue weighted by molar-refractivity contribution is -0.140. The number of nitrogens with zero attached hydrogens (tertiary/aromatic N) is 4. The Morgan fingerprint density at radius 2 is 2.04 bits per heavy atom. The van der Waals surface area contributed by atoms with Gasteiger partial charge in [0.15, 0.2) is 0 Å². The Morgan fingerprint density at radius 3 is 2.74 bits per heavy atom. The number of aromatic nitrogens is 1. The minimum atomic E-state index is -0.543. The molecular formula is C18H21N5O4. The number of pyridine rings is 1. The van der Waals surface area contributed by atoms with Crippen LogP contribution in [0.5, 0.6) is 0 Å². The number of imide groups is 1. The van der Waals surface area contributed by atoms with Gasteiger partial charge in [-0.1, -0.05) is 6.07 Å². The first-order chi connectivity index (χ1) is 13.0. The van der Waals surface area contributed by atoms with Crippen LogP contribution in [-0.2, 0) is 20.9 Å². The molecule has 4 saturated heterocycles. The molecule has 0 radical (unpaired) electrons. The lowest BCUT2D eigenvalue weighted by Gasteiger charge is -2.35. The lowest BCUT2D eigenvalue weighted by Crippen LogP contribution is -2.48. The average molecular weight is 371 g/mol. The minimum Gasteiger partial charge on any atom is -0.338 e. The van der Waals surface area contributed by atoms with Gasteiger partial charge in [0.25, 0.3) is 5.91 Å². The van der Waals surface area contributed by atoms with Crippen molar-refractivity contribution >= 4 is 23.8 Å². The Hall–Kier alpha value is -2.97. The minimum absolute atomic E-state index is 0.0437. The summed E-state index contributed by atoms with van der Waals surface area (Å²) in [7, 11) is 0. The van der Waals surface area contributed by atoms with Crippen LogP contribution in [0.1, 0.15) is 18.5 Å². The molecule has 1 aromatic heterocycles.